The van der Waals surface area contributed by atoms with E-state index in [-0.39, 0.29) is 6.04 Å². The zero-order valence-electron chi connectivity index (χ0n) is 10.7. The Bertz CT molecular complexity index is 347. The lowest BCUT2D eigenvalue weighted by molar-refractivity contribution is 0.382. The van der Waals surface area contributed by atoms with Gasteiger partial charge in [-0.3, -0.25) is 0 Å². The van der Waals surface area contributed by atoms with Crippen LogP contribution in [0.4, 0.5) is 5.82 Å². The number of hydrogen-bond acceptors (Lipinski definition) is 3. The van der Waals surface area contributed by atoms with Crippen molar-refractivity contribution in [2.45, 2.75) is 51.5 Å². The first-order valence-electron chi connectivity index (χ1n) is 6.66. The average Bonchev–Trinajstić information content (AvgIpc) is 2.57. The first kappa shape index (κ1) is 12.4. The molecule has 17 heavy (non-hydrogen) atoms. The molecule has 3 nitrogen and oxygen atoms in total. The van der Waals surface area contributed by atoms with Crippen LogP contribution in [-0.2, 0) is 0 Å². The second kappa shape index (κ2) is 5.50. The van der Waals surface area contributed by atoms with E-state index in [9.17, 15) is 0 Å². The average molecular weight is 233 g/mol. The molecular weight excluding hydrogens is 210 g/mol. The standard InChI is InChI=1S/C14H23N3/c1-10-8-9-17-14(16)12(10)13(15)11-6-4-2-3-5-7-11/h8-9,11,13H,2-7,15H2,1H3,(H2,16,17). The SMILES string of the molecule is Cc1ccnc(N)c1C(N)C1CCCCCC1. The fourth-order valence-corrected chi connectivity index (χ4v) is 2.93. The first-order valence-corrected chi connectivity index (χ1v) is 6.66. The third-order valence-electron chi connectivity index (χ3n) is 3.98. The van der Waals surface area contributed by atoms with E-state index in [1.165, 1.54) is 44.1 Å². The fourth-order valence-electron chi connectivity index (χ4n) is 2.93. The molecule has 1 heterocycles. The van der Waals surface area contributed by atoms with Crippen molar-refractivity contribution in [2.24, 2.45) is 11.7 Å². The zero-order valence-corrected chi connectivity index (χ0v) is 10.7. The minimum Gasteiger partial charge on any atom is -0.383 e. The summed E-state index contributed by atoms with van der Waals surface area (Å²) < 4.78 is 0. The van der Waals surface area contributed by atoms with E-state index in [2.05, 4.69) is 11.9 Å². The zero-order chi connectivity index (χ0) is 12.3. The Balaban J connectivity index is 2.20. The quantitative estimate of drug-likeness (QED) is 0.772. The summed E-state index contributed by atoms with van der Waals surface area (Å²) >= 11 is 0. The van der Waals surface area contributed by atoms with Crippen molar-refractivity contribution in [3.05, 3.63) is 23.4 Å². The molecule has 2 rings (SSSR count). The molecule has 0 aliphatic heterocycles. The van der Waals surface area contributed by atoms with Crippen molar-refractivity contribution < 1.29 is 0 Å². The number of aryl methyl sites for hydroxylation is 1. The molecule has 1 aliphatic carbocycles. The highest BCUT2D eigenvalue weighted by atomic mass is 14.8. The van der Waals surface area contributed by atoms with Gasteiger partial charge in [0.1, 0.15) is 5.82 Å². The molecule has 3 heteroatoms. The van der Waals surface area contributed by atoms with Crippen LogP contribution in [0.2, 0.25) is 0 Å². The highest BCUT2D eigenvalue weighted by molar-refractivity contribution is 5.46. The van der Waals surface area contributed by atoms with Crippen molar-refractivity contribution in [1.29, 1.82) is 0 Å². The molecule has 1 aliphatic rings. The number of pyridine rings is 1. The number of anilines is 1. The summed E-state index contributed by atoms with van der Waals surface area (Å²) in [5, 5.41) is 0. The molecule has 0 amide bonds. The number of aromatic nitrogens is 1. The van der Waals surface area contributed by atoms with Gasteiger partial charge in [0.15, 0.2) is 0 Å². The molecule has 1 aromatic heterocycles. The van der Waals surface area contributed by atoms with E-state index in [0.29, 0.717) is 11.7 Å². The molecule has 94 valence electrons. The van der Waals surface area contributed by atoms with Crippen LogP contribution in [0, 0.1) is 12.8 Å². The normalized spacial score (nSPS) is 19.9. The van der Waals surface area contributed by atoms with E-state index >= 15 is 0 Å². The van der Waals surface area contributed by atoms with Crippen LogP contribution in [0.3, 0.4) is 0 Å². The Morgan fingerprint density at radius 2 is 1.88 bits per heavy atom. The minimum atomic E-state index is 0.0572. The largest absolute Gasteiger partial charge is 0.383 e. The van der Waals surface area contributed by atoms with Gasteiger partial charge in [-0.05, 0) is 37.3 Å². The molecule has 1 unspecified atom stereocenters. The van der Waals surface area contributed by atoms with Crippen LogP contribution in [0.5, 0.6) is 0 Å². The molecule has 0 aromatic carbocycles. The summed E-state index contributed by atoms with van der Waals surface area (Å²) in [7, 11) is 0. The summed E-state index contributed by atoms with van der Waals surface area (Å²) in [4.78, 5) is 4.18. The second-order valence-corrected chi connectivity index (χ2v) is 5.20. The lowest BCUT2D eigenvalue weighted by Gasteiger charge is -2.24. The van der Waals surface area contributed by atoms with Crippen molar-refractivity contribution in [3.8, 4) is 0 Å². The van der Waals surface area contributed by atoms with E-state index in [1.54, 1.807) is 6.20 Å². The van der Waals surface area contributed by atoms with Crippen LogP contribution >= 0.6 is 0 Å². The summed E-state index contributed by atoms with van der Waals surface area (Å²) in [6.07, 6.45) is 9.53. The Hall–Kier alpha value is -1.09. The monoisotopic (exact) mass is 233 g/mol. The van der Waals surface area contributed by atoms with Crippen LogP contribution in [0.25, 0.3) is 0 Å². The highest BCUT2D eigenvalue weighted by Gasteiger charge is 2.24. The predicted molar refractivity (Wildman–Crippen MR) is 71.5 cm³/mol. The Labute approximate surface area is 104 Å². The van der Waals surface area contributed by atoms with E-state index in [4.69, 9.17) is 11.5 Å². The van der Waals surface area contributed by atoms with Crippen LogP contribution in [-0.4, -0.2) is 4.98 Å². The third-order valence-corrected chi connectivity index (χ3v) is 3.98. The van der Waals surface area contributed by atoms with Gasteiger partial charge in [-0.15, -0.1) is 0 Å². The second-order valence-electron chi connectivity index (χ2n) is 5.20. The van der Waals surface area contributed by atoms with Crippen molar-refractivity contribution in [3.63, 3.8) is 0 Å². The minimum absolute atomic E-state index is 0.0572. The highest BCUT2D eigenvalue weighted by Crippen LogP contribution is 2.34. The lowest BCUT2D eigenvalue weighted by Crippen LogP contribution is -2.23. The van der Waals surface area contributed by atoms with Crippen molar-refractivity contribution >= 4 is 5.82 Å². The smallest absolute Gasteiger partial charge is 0.128 e. The number of hydrogen-bond donors (Lipinski definition) is 2. The fraction of sp³-hybridized carbons (Fsp3) is 0.643. The summed E-state index contributed by atoms with van der Waals surface area (Å²) in [5.41, 5.74) is 14.6. The van der Waals surface area contributed by atoms with Gasteiger partial charge < -0.3 is 11.5 Å². The van der Waals surface area contributed by atoms with Gasteiger partial charge >= 0.3 is 0 Å². The first-order chi connectivity index (χ1) is 8.20. The molecule has 0 spiro atoms. The predicted octanol–water partition coefficient (Wildman–Crippen LogP) is 2.94. The molecule has 0 bridgehead atoms. The van der Waals surface area contributed by atoms with Gasteiger partial charge in [-0.1, -0.05) is 25.7 Å². The molecule has 0 saturated heterocycles. The molecule has 1 atom stereocenters. The number of nitrogens with zero attached hydrogens (tertiary/aromatic N) is 1. The maximum absolute atomic E-state index is 6.42. The van der Waals surface area contributed by atoms with E-state index in [1.807, 2.05) is 6.07 Å². The molecule has 1 fully saturated rings. The number of nitrogen functional groups attached to an aromatic ring is 1. The summed E-state index contributed by atoms with van der Waals surface area (Å²) in [6.45, 7) is 2.07. The molecule has 1 aromatic rings. The third kappa shape index (κ3) is 2.78. The molecule has 0 radical (unpaired) electrons. The van der Waals surface area contributed by atoms with Gasteiger partial charge in [-0.2, -0.15) is 0 Å². The van der Waals surface area contributed by atoms with Gasteiger partial charge in [0.05, 0.1) is 0 Å². The van der Waals surface area contributed by atoms with Gasteiger partial charge in [0.2, 0.25) is 0 Å². The van der Waals surface area contributed by atoms with Gasteiger partial charge in [0, 0.05) is 17.8 Å². The number of nitrogens with two attached hydrogens (primary N) is 2. The summed E-state index contributed by atoms with van der Waals surface area (Å²) in [5.74, 6) is 1.18. The van der Waals surface area contributed by atoms with Crippen molar-refractivity contribution in [1.82, 2.24) is 4.98 Å². The van der Waals surface area contributed by atoms with Gasteiger partial charge in [-0.25, -0.2) is 4.98 Å². The van der Waals surface area contributed by atoms with E-state index in [0.717, 1.165) is 5.56 Å². The topological polar surface area (TPSA) is 64.9 Å². The van der Waals surface area contributed by atoms with Crippen LogP contribution in [0.15, 0.2) is 12.3 Å². The maximum Gasteiger partial charge on any atom is 0.128 e. The Morgan fingerprint density at radius 1 is 1.24 bits per heavy atom. The van der Waals surface area contributed by atoms with Crippen molar-refractivity contribution in [2.75, 3.05) is 5.73 Å². The number of rotatable bonds is 2. The van der Waals surface area contributed by atoms with Crippen LogP contribution in [0.1, 0.15) is 55.7 Å². The molecule has 4 N–H and O–H groups in total. The van der Waals surface area contributed by atoms with Crippen LogP contribution < -0.4 is 11.5 Å². The van der Waals surface area contributed by atoms with E-state index < -0.39 is 0 Å². The molecular formula is C14H23N3. The summed E-state index contributed by atoms with van der Waals surface area (Å²) in [6, 6.07) is 2.06. The molecule has 1 saturated carbocycles. The Kier molecular flexibility index (Phi) is 4.00. The Morgan fingerprint density at radius 3 is 2.47 bits per heavy atom. The van der Waals surface area contributed by atoms with Gasteiger partial charge in [0.25, 0.3) is 0 Å². The maximum atomic E-state index is 6.42. The lowest BCUT2D eigenvalue weighted by atomic mass is 9.86.